The van der Waals surface area contributed by atoms with E-state index in [2.05, 4.69) is 140 Å². The third-order valence-corrected chi connectivity index (χ3v) is 11.9. The van der Waals surface area contributed by atoms with Crippen LogP contribution in [0.3, 0.4) is 0 Å². The number of nitrogens with zero attached hydrogens (tertiary/aromatic N) is 4. The highest BCUT2D eigenvalue weighted by Gasteiger charge is 2.29. The van der Waals surface area contributed by atoms with Crippen molar-refractivity contribution < 1.29 is 0 Å². The van der Waals surface area contributed by atoms with Gasteiger partial charge in [-0.1, -0.05) is 134 Å². The van der Waals surface area contributed by atoms with Gasteiger partial charge in [0.25, 0.3) is 0 Å². The van der Waals surface area contributed by atoms with Gasteiger partial charge < -0.3 is 0 Å². The highest BCUT2D eigenvalue weighted by Crippen LogP contribution is 2.41. The van der Waals surface area contributed by atoms with Gasteiger partial charge in [-0.2, -0.15) is 0 Å². The van der Waals surface area contributed by atoms with Crippen molar-refractivity contribution in [1.82, 2.24) is 19.9 Å². The number of pyridine rings is 1. The molecule has 5 aliphatic carbocycles. The summed E-state index contributed by atoms with van der Waals surface area (Å²) < 4.78 is 0. The fourth-order valence-corrected chi connectivity index (χ4v) is 8.81. The van der Waals surface area contributed by atoms with Crippen molar-refractivity contribution in [1.29, 1.82) is 0 Å². The molecule has 2 heterocycles. The van der Waals surface area contributed by atoms with Crippen molar-refractivity contribution in [3.63, 3.8) is 0 Å². The predicted octanol–water partition coefficient (Wildman–Crippen LogP) is 12.6. The summed E-state index contributed by atoms with van der Waals surface area (Å²) in [4.78, 5) is 20.5. The summed E-state index contributed by atoms with van der Waals surface area (Å²) in [6.45, 7) is 0. The van der Waals surface area contributed by atoms with Crippen molar-refractivity contribution in [2.24, 2.45) is 11.8 Å². The maximum Gasteiger partial charge on any atom is 0.163 e. The molecule has 2 unspecified atom stereocenters. The second kappa shape index (κ2) is 15.9. The molecule has 9 rings (SSSR count). The molecule has 0 aliphatic heterocycles. The SMILES string of the molecule is C1=CCC(C2CCC(c3nc(C4=CCCC=C4)nc(-c4ccc(C5C=CC(c6ncc(-c7ccccc7)cc6C6=CCCC=C6)=CC5)cc4)n3)CC2)C=C1. The van der Waals surface area contributed by atoms with Crippen LogP contribution < -0.4 is 0 Å². The van der Waals surface area contributed by atoms with Crippen molar-refractivity contribution >= 4 is 16.7 Å². The molecular formula is C50H48N4. The normalized spacial score (nSPS) is 23.5. The maximum atomic E-state index is 5.18. The summed E-state index contributed by atoms with van der Waals surface area (Å²) in [5.41, 5.74) is 10.5. The van der Waals surface area contributed by atoms with Gasteiger partial charge in [0, 0.05) is 40.3 Å². The third-order valence-electron chi connectivity index (χ3n) is 11.9. The van der Waals surface area contributed by atoms with Crippen LogP contribution in [0.1, 0.15) is 105 Å². The Morgan fingerprint density at radius 1 is 0.556 bits per heavy atom. The van der Waals surface area contributed by atoms with E-state index in [0.717, 1.165) is 90.7 Å². The van der Waals surface area contributed by atoms with E-state index in [0.29, 0.717) is 17.8 Å². The van der Waals surface area contributed by atoms with Crippen molar-refractivity contribution in [2.75, 3.05) is 0 Å². The summed E-state index contributed by atoms with van der Waals surface area (Å²) in [7, 11) is 0. The van der Waals surface area contributed by atoms with Crippen molar-refractivity contribution in [3.8, 4) is 22.5 Å². The number of aromatic nitrogens is 4. The first-order valence-corrected chi connectivity index (χ1v) is 20.1. The molecule has 2 aromatic carbocycles. The Kier molecular flexibility index (Phi) is 10.1. The van der Waals surface area contributed by atoms with Gasteiger partial charge in [0.1, 0.15) is 5.82 Å². The van der Waals surface area contributed by atoms with Gasteiger partial charge in [-0.05, 0) is 104 Å². The summed E-state index contributed by atoms with van der Waals surface area (Å²) in [5, 5.41) is 0. The summed E-state index contributed by atoms with van der Waals surface area (Å²) in [6.07, 6.45) is 42.9. The second-order valence-electron chi connectivity index (χ2n) is 15.4. The molecule has 1 saturated carbocycles. The molecule has 54 heavy (non-hydrogen) atoms. The molecule has 5 aliphatic rings. The number of hydrogen-bond donors (Lipinski definition) is 0. The minimum absolute atomic E-state index is 0.301. The highest BCUT2D eigenvalue weighted by molar-refractivity contribution is 5.88. The Hall–Kier alpha value is -5.48. The zero-order valence-electron chi connectivity index (χ0n) is 31.0. The smallest absolute Gasteiger partial charge is 0.163 e. The van der Waals surface area contributed by atoms with E-state index in [1.165, 1.54) is 47.1 Å². The Balaban J connectivity index is 0.942. The molecule has 0 spiro atoms. The summed E-state index contributed by atoms with van der Waals surface area (Å²) >= 11 is 0. The predicted molar refractivity (Wildman–Crippen MR) is 223 cm³/mol. The van der Waals surface area contributed by atoms with E-state index < -0.39 is 0 Å². The Bertz CT molecular complexity index is 2240. The average Bonchev–Trinajstić information content (AvgIpc) is 3.27. The molecule has 268 valence electrons. The molecule has 0 saturated heterocycles. The number of rotatable bonds is 8. The molecule has 0 N–H and O–H groups in total. The van der Waals surface area contributed by atoms with Gasteiger partial charge in [0.05, 0.1) is 5.69 Å². The van der Waals surface area contributed by atoms with E-state index in [9.17, 15) is 0 Å². The molecule has 2 atom stereocenters. The van der Waals surface area contributed by atoms with Gasteiger partial charge in [-0.15, -0.1) is 0 Å². The molecule has 2 aromatic heterocycles. The first kappa shape index (κ1) is 34.3. The lowest BCUT2D eigenvalue weighted by Crippen LogP contribution is -2.22. The van der Waals surface area contributed by atoms with Crippen LogP contribution in [-0.4, -0.2) is 19.9 Å². The van der Waals surface area contributed by atoms with E-state index in [4.69, 9.17) is 19.9 Å². The van der Waals surface area contributed by atoms with Crippen LogP contribution in [0, 0.1) is 11.8 Å². The standard InChI is InChI=1S/C50H48N4/c1-5-13-35(14-6-1)37-23-29-43(30-24-37)49-52-48(42-19-11-4-12-20-42)53-50(54-49)44-31-25-39(26-32-44)38-21-27-41(28-22-38)47-46(40-17-9-3-10-18-40)33-45(34-51-47)36-15-7-2-8-16-36/h1-2,5-9,11,13,15-21,25-28,31-35,37-38,43H,3-4,10,12,14,22-24,29-30H2. The molecule has 4 aromatic rings. The molecular weight excluding hydrogens is 657 g/mol. The molecule has 4 heteroatoms. The van der Waals surface area contributed by atoms with Gasteiger partial charge in [-0.25, -0.2) is 15.0 Å². The lowest BCUT2D eigenvalue weighted by Gasteiger charge is -2.32. The topological polar surface area (TPSA) is 51.6 Å². The van der Waals surface area contributed by atoms with Gasteiger partial charge >= 0.3 is 0 Å². The van der Waals surface area contributed by atoms with E-state index >= 15 is 0 Å². The Labute approximate surface area is 320 Å². The second-order valence-corrected chi connectivity index (χ2v) is 15.4. The Morgan fingerprint density at radius 3 is 2.04 bits per heavy atom. The van der Waals surface area contributed by atoms with Crippen molar-refractivity contribution in [3.05, 3.63) is 174 Å². The third kappa shape index (κ3) is 7.48. The van der Waals surface area contributed by atoms with Crippen molar-refractivity contribution in [2.45, 2.75) is 76.0 Å². The molecule has 0 radical (unpaired) electrons. The van der Waals surface area contributed by atoms with E-state index in [-0.39, 0.29) is 0 Å². The zero-order chi connectivity index (χ0) is 36.1. The number of allylic oxidation sites excluding steroid dienone is 16. The average molecular weight is 705 g/mol. The quantitative estimate of drug-likeness (QED) is 0.183. The van der Waals surface area contributed by atoms with Crippen LogP contribution >= 0.6 is 0 Å². The minimum Gasteiger partial charge on any atom is -0.255 e. The minimum atomic E-state index is 0.301. The maximum absolute atomic E-state index is 5.18. The zero-order valence-corrected chi connectivity index (χ0v) is 31.0. The van der Waals surface area contributed by atoms with Crippen LogP contribution in [0.4, 0.5) is 0 Å². The number of benzene rings is 2. The van der Waals surface area contributed by atoms with E-state index in [1.807, 2.05) is 6.20 Å². The summed E-state index contributed by atoms with van der Waals surface area (Å²) in [6, 6.07) is 21.8. The molecule has 4 nitrogen and oxygen atoms in total. The fraction of sp³-hybridized carbons (Fsp3) is 0.280. The Morgan fingerprint density at radius 2 is 1.33 bits per heavy atom. The lowest BCUT2D eigenvalue weighted by atomic mass is 9.74. The van der Waals surface area contributed by atoms with Gasteiger partial charge in [0.2, 0.25) is 0 Å². The van der Waals surface area contributed by atoms with Crippen LogP contribution in [0.5, 0.6) is 0 Å². The summed E-state index contributed by atoms with van der Waals surface area (Å²) in [5.74, 6) is 4.67. The van der Waals surface area contributed by atoms with Crippen LogP contribution in [0.25, 0.3) is 39.2 Å². The molecule has 0 amide bonds. The fourth-order valence-electron chi connectivity index (χ4n) is 8.81. The van der Waals surface area contributed by atoms with Gasteiger partial charge in [0.15, 0.2) is 11.6 Å². The van der Waals surface area contributed by atoms with Gasteiger partial charge in [-0.3, -0.25) is 4.98 Å². The van der Waals surface area contributed by atoms with Crippen LogP contribution in [0.2, 0.25) is 0 Å². The monoisotopic (exact) mass is 704 g/mol. The first-order chi connectivity index (χ1) is 26.7. The van der Waals surface area contributed by atoms with Crippen LogP contribution in [-0.2, 0) is 0 Å². The largest absolute Gasteiger partial charge is 0.255 e. The molecule has 0 bridgehead atoms. The lowest BCUT2D eigenvalue weighted by molar-refractivity contribution is 0.260. The van der Waals surface area contributed by atoms with Crippen LogP contribution in [0.15, 0.2) is 146 Å². The van der Waals surface area contributed by atoms with E-state index in [1.54, 1.807) is 0 Å². The first-order valence-electron chi connectivity index (χ1n) is 20.1. The number of hydrogen-bond acceptors (Lipinski definition) is 4. The highest BCUT2D eigenvalue weighted by atomic mass is 15.0. The molecule has 1 fully saturated rings.